The minimum atomic E-state index is -3.81. The zero-order valence-electron chi connectivity index (χ0n) is 16.8. The highest BCUT2D eigenvalue weighted by Crippen LogP contribution is 2.32. The van der Waals surface area contributed by atoms with Crippen LogP contribution < -0.4 is 5.32 Å². The van der Waals surface area contributed by atoms with Crippen molar-refractivity contribution in [1.29, 1.82) is 0 Å². The fourth-order valence-electron chi connectivity index (χ4n) is 3.52. The van der Waals surface area contributed by atoms with Gasteiger partial charge in [-0.15, -0.1) is 10.2 Å². The van der Waals surface area contributed by atoms with Gasteiger partial charge in [-0.3, -0.25) is 4.79 Å². The van der Waals surface area contributed by atoms with E-state index in [0.717, 1.165) is 18.1 Å². The van der Waals surface area contributed by atoms with E-state index in [1.165, 1.54) is 33.8 Å². The average Bonchev–Trinajstić information content (AvgIpc) is 3.26. The molecule has 162 valence electrons. The van der Waals surface area contributed by atoms with E-state index in [0.29, 0.717) is 23.7 Å². The van der Waals surface area contributed by atoms with Gasteiger partial charge in [0, 0.05) is 24.7 Å². The molecule has 1 N–H and O–H groups in total. The first-order valence-electron chi connectivity index (χ1n) is 9.80. The number of halogens is 1. The number of para-hydroxylation sites is 1. The number of aryl methyl sites for hydroxylation is 1. The van der Waals surface area contributed by atoms with Crippen molar-refractivity contribution >= 4 is 33.0 Å². The molecule has 1 unspecified atom stereocenters. The van der Waals surface area contributed by atoms with Crippen molar-refractivity contribution in [3.05, 3.63) is 69.9 Å². The van der Waals surface area contributed by atoms with Gasteiger partial charge in [-0.05, 0) is 49.6 Å². The van der Waals surface area contributed by atoms with E-state index < -0.39 is 15.8 Å². The molecule has 31 heavy (non-hydrogen) atoms. The Morgan fingerprint density at radius 3 is 2.77 bits per heavy atom. The summed E-state index contributed by atoms with van der Waals surface area (Å²) in [6, 6.07) is 12.4. The van der Waals surface area contributed by atoms with Crippen LogP contribution >= 0.6 is 11.3 Å². The number of hydrogen-bond acceptors (Lipinski definition) is 6. The fraction of sp³-hybridized carbons (Fsp3) is 0.286. The molecule has 0 bridgehead atoms. The van der Waals surface area contributed by atoms with Gasteiger partial charge in [-0.1, -0.05) is 35.6 Å². The van der Waals surface area contributed by atoms with Crippen LogP contribution in [0.3, 0.4) is 0 Å². The van der Waals surface area contributed by atoms with Crippen molar-refractivity contribution in [2.75, 3.05) is 18.4 Å². The number of carbonyl (C=O) groups is 1. The number of hydrogen-bond donors (Lipinski definition) is 1. The number of sulfonamides is 1. The third kappa shape index (κ3) is 4.65. The van der Waals surface area contributed by atoms with Crippen molar-refractivity contribution < 1.29 is 17.6 Å². The fourth-order valence-corrected chi connectivity index (χ4v) is 5.94. The van der Waals surface area contributed by atoms with Crippen LogP contribution in [0.1, 0.15) is 39.1 Å². The Morgan fingerprint density at radius 1 is 1.19 bits per heavy atom. The average molecular weight is 461 g/mol. The Morgan fingerprint density at radius 2 is 2.00 bits per heavy atom. The molecule has 3 aromatic rings. The number of aromatic nitrogens is 2. The van der Waals surface area contributed by atoms with E-state index in [2.05, 4.69) is 15.5 Å². The Hall–Kier alpha value is -2.69. The van der Waals surface area contributed by atoms with Crippen LogP contribution in [-0.2, 0) is 10.0 Å². The number of amides is 1. The molecular weight excluding hydrogens is 439 g/mol. The van der Waals surface area contributed by atoms with Crippen molar-refractivity contribution in [1.82, 2.24) is 14.5 Å². The second kappa shape index (κ2) is 8.81. The maximum atomic E-state index is 13.5. The number of piperidine rings is 1. The lowest BCUT2D eigenvalue weighted by molar-refractivity contribution is 0.102. The van der Waals surface area contributed by atoms with Crippen LogP contribution in [0.2, 0.25) is 0 Å². The minimum Gasteiger partial charge on any atom is -0.320 e. The summed E-state index contributed by atoms with van der Waals surface area (Å²) in [5.74, 6) is -1.12. The number of benzene rings is 2. The molecule has 2 aromatic carbocycles. The number of rotatable bonds is 5. The molecule has 4 rings (SSSR count). The maximum absolute atomic E-state index is 13.5. The molecule has 1 fully saturated rings. The topological polar surface area (TPSA) is 92.3 Å². The van der Waals surface area contributed by atoms with Crippen LogP contribution in [0.15, 0.2) is 53.4 Å². The van der Waals surface area contributed by atoms with Gasteiger partial charge in [-0.2, -0.15) is 4.31 Å². The first kappa shape index (κ1) is 21.5. The summed E-state index contributed by atoms with van der Waals surface area (Å²) in [5, 5.41) is 11.8. The number of nitrogens with zero attached hydrogens (tertiary/aromatic N) is 3. The predicted molar refractivity (Wildman–Crippen MR) is 116 cm³/mol. The lowest BCUT2D eigenvalue weighted by Gasteiger charge is -2.30. The Bertz CT molecular complexity index is 1210. The van der Waals surface area contributed by atoms with Crippen LogP contribution in [-0.4, -0.2) is 41.9 Å². The zero-order valence-corrected chi connectivity index (χ0v) is 18.4. The smallest absolute Gasteiger partial charge is 0.286 e. The van der Waals surface area contributed by atoms with Crippen LogP contribution in [0.5, 0.6) is 0 Å². The van der Waals surface area contributed by atoms with Gasteiger partial charge < -0.3 is 5.32 Å². The highest BCUT2D eigenvalue weighted by molar-refractivity contribution is 7.89. The number of nitrogens with one attached hydrogen (secondary N) is 1. The molecule has 1 atom stereocenters. The monoisotopic (exact) mass is 460 g/mol. The SMILES string of the molecule is Cc1ccccc1NC(=O)c1nnc(C2CCCN(S(=O)(=O)c3cccc(F)c3)C2)s1. The van der Waals surface area contributed by atoms with E-state index in [9.17, 15) is 17.6 Å². The van der Waals surface area contributed by atoms with E-state index in [-0.39, 0.29) is 28.3 Å². The summed E-state index contributed by atoms with van der Waals surface area (Å²) in [6.07, 6.45) is 1.38. The number of carbonyl (C=O) groups excluding carboxylic acids is 1. The Labute approximate surface area is 184 Å². The molecule has 0 saturated carbocycles. The molecule has 10 heteroatoms. The van der Waals surface area contributed by atoms with Gasteiger partial charge in [0.2, 0.25) is 15.0 Å². The Kier molecular flexibility index (Phi) is 6.12. The highest BCUT2D eigenvalue weighted by Gasteiger charge is 2.33. The molecule has 0 aliphatic carbocycles. The molecule has 1 aliphatic heterocycles. The molecule has 1 amide bonds. The summed E-state index contributed by atoms with van der Waals surface area (Å²) in [6.45, 7) is 2.47. The van der Waals surface area contributed by atoms with Gasteiger partial charge >= 0.3 is 0 Å². The van der Waals surface area contributed by atoms with Gasteiger partial charge in [-0.25, -0.2) is 12.8 Å². The predicted octanol–water partition coefficient (Wildman–Crippen LogP) is 3.81. The molecular formula is C21H21FN4O3S2. The lowest BCUT2D eigenvalue weighted by Crippen LogP contribution is -2.39. The molecule has 0 radical (unpaired) electrons. The third-order valence-corrected chi connectivity index (χ3v) is 8.14. The van der Waals surface area contributed by atoms with Crippen LogP contribution in [0.25, 0.3) is 0 Å². The van der Waals surface area contributed by atoms with Gasteiger partial charge in [0.05, 0.1) is 4.90 Å². The van der Waals surface area contributed by atoms with E-state index in [1.54, 1.807) is 0 Å². The first-order valence-corrected chi connectivity index (χ1v) is 12.1. The van der Waals surface area contributed by atoms with Gasteiger partial charge in [0.1, 0.15) is 10.8 Å². The quantitative estimate of drug-likeness (QED) is 0.625. The molecule has 0 spiro atoms. The van der Waals surface area contributed by atoms with E-state index in [4.69, 9.17) is 0 Å². The van der Waals surface area contributed by atoms with Crippen molar-refractivity contribution in [2.24, 2.45) is 0 Å². The van der Waals surface area contributed by atoms with Crippen molar-refractivity contribution in [3.63, 3.8) is 0 Å². The zero-order chi connectivity index (χ0) is 22.0. The van der Waals surface area contributed by atoms with Gasteiger partial charge in [0.25, 0.3) is 5.91 Å². The molecule has 7 nitrogen and oxygen atoms in total. The molecule has 2 heterocycles. The third-order valence-electron chi connectivity index (χ3n) is 5.20. The first-order chi connectivity index (χ1) is 14.8. The van der Waals surface area contributed by atoms with Crippen LogP contribution in [0.4, 0.5) is 10.1 Å². The summed E-state index contributed by atoms with van der Waals surface area (Å²) >= 11 is 1.17. The van der Waals surface area contributed by atoms with Crippen molar-refractivity contribution in [2.45, 2.75) is 30.6 Å². The molecule has 1 aromatic heterocycles. The van der Waals surface area contributed by atoms with Gasteiger partial charge in [0.15, 0.2) is 0 Å². The molecule has 1 saturated heterocycles. The summed E-state index contributed by atoms with van der Waals surface area (Å²) in [4.78, 5) is 12.5. The normalized spacial score (nSPS) is 17.4. The van der Waals surface area contributed by atoms with E-state index >= 15 is 0 Å². The standard InChI is InChI=1S/C21H21FN4O3S2/c1-14-6-2-3-10-18(14)23-19(27)21-25-24-20(30-21)15-7-5-11-26(13-15)31(28,29)17-9-4-8-16(22)12-17/h2-4,6,8-10,12,15H,5,7,11,13H2,1H3,(H,23,27). The van der Waals surface area contributed by atoms with E-state index in [1.807, 2.05) is 31.2 Å². The second-order valence-electron chi connectivity index (χ2n) is 7.37. The minimum absolute atomic E-state index is 0.0660. The van der Waals surface area contributed by atoms with Crippen molar-refractivity contribution in [3.8, 4) is 0 Å². The highest BCUT2D eigenvalue weighted by atomic mass is 32.2. The summed E-state index contributed by atoms with van der Waals surface area (Å²) in [5.41, 5.74) is 1.64. The summed E-state index contributed by atoms with van der Waals surface area (Å²) in [7, 11) is -3.81. The number of anilines is 1. The largest absolute Gasteiger partial charge is 0.320 e. The molecule has 1 aliphatic rings. The van der Waals surface area contributed by atoms with Crippen LogP contribution in [0, 0.1) is 12.7 Å². The lowest BCUT2D eigenvalue weighted by atomic mass is 10.0. The Balaban J connectivity index is 1.49. The summed E-state index contributed by atoms with van der Waals surface area (Å²) < 4.78 is 40.7. The second-order valence-corrected chi connectivity index (χ2v) is 10.3. The maximum Gasteiger partial charge on any atom is 0.286 e.